The lowest BCUT2D eigenvalue weighted by Gasteiger charge is -2.29. The van der Waals surface area contributed by atoms with Crippen LogP contribution in [0, 0.1) is 5.41 Å². The van der Waals surface area contributed by atoms with Crippen LogP contribution >= 0.6 is 11.8 Å². The SMILES string of the molecule is CSc1ccc2c(NC(C)C(C)(C)C)nc3cc[nH]c(=O)c3c2c1. The van der Waals surface area contributed by atoms with Gasteiger partial charge in [-0.25, -0.2) is 4.98 Å². The molecule has 2 aromatic heterocycles. The molecular formula is C19H23N3OS. The molecule has 0 aliphatic heterocycles. The molecule has 0 aliphatic carbocycles. The van der Waals surface area contributed by atoms with Crippen LogP contribution in [0.15, 0.2) is 40.2 Å². The molecule has 5 heteroatoms. The smallest absolute Gasteiger partial charge is 0.258 e. The minimum Gasteiger partial charge on any atom is -0.367 e. The van der Waals surface area contributed by atoms with Crippen molar-refractivity contribution in [2.45, 2.75) is 38.6 Å². The van der Waals surface area contributed by atoms with Crippen LogP contribution in [0.3, 0.4) is 0 Å². The van der Waals surface area contributed by atoms with Crippen LogP contribution in [-0.2, 0) is 0 Å². The van der Waals surface area contributed by atoms with E-state index in [1.165, 1.54) is 0 Å². The van der Waals surface area contributed by atoms with E-state index >= 15 is 0 Å². The fraction of sp³-hybridized carbons (Fsp3) is 0.368. The van der Waals surface area contributed by atoms with E-state index in [0.717, 1.165) is 21.5 Å². The Hall–Kier alpha value is -2.01. The van der Waals surface area contributed by atoms with Crippen molar-refractivity contribution in [3.63, 3.8) is 0 Å². The Bertz CT molecular complexity index is 956. The Morgan fingerprint density at radius 1 is 1.21 bits per heavy atom. The standard InChI is InChI=1S/C19H23N3OS/c1-11(19(2,3)4)21-17-13-7-6-12(24-5)10-14(13)16-15(22-17)8-9-20-18(16)23/h6-11H,1-5H3,(H,20,23)(H,21,22). The molecule has 2 heterocycles. The van der Waals surface area contributed by atoms with E-state index in [9.17, 15) is 4.79 Å². The van der Waals surface area contributed by atoms with Gasteiger partial charge >= 0.3 is 0 Å². The minimum atomic E-state index is -0.0985. The van der Waals surface area contributed by atoms with Crippen molar-refractivity contribution in [2.24, 2.45) is 5.41 Å². The number of nitrogens with one attached hydrogen (secondary N) is 2. The van der Waals surface area contributed by atoms with Gasteiger partial charge in [-0.1, -0.05) is 20.8 Å². The second kappa shape index (κ2) is 6.13. The van der Waals surface area contributed by atoms with Crippen molar-refractivity contribution in [1.82, 2.24) is 9.97 Å². The molecule has 1 atom stereocenters. The molecule has 3 aromatic rings. The highest BCUT2D eigenvalue weighted by atomic mass is 32.2. The molecule has 126 valence electrons. The number of aromatic nitrogens is 2. The van der Waals surface area contributed by atoms with Crippen molar-refractivity contribution in [2.75, 3.05) is 11.6 Å². The highest BCUT2D eigenvalue weighted by molar-refractivity contribution is 7.98. The average Bonchev–Trinajstić information content (AvgIpc) is 2.53. The van der Waals surface area contributed by atoms with Crippen molar-refractivity contribution in [3.8, 4) is 0 Å². The largest absolute Gasteiger partial charge is 0.367 e. The van der Waals surface area contributed by atoms with Crippen LogP contribution in [-0.4, -0.2) is 22.3 Å². The fourth-order valence-electron chi connectivity index (χ4n) is 2.60. The Kier molecular flexibility index (Phi) is 4.30. The molecular weight excluding hydrogens is 318 g/mol. The minimum absolute atomic E-state index is 0.0985. The first-order valence-corrected chi connectivity index (χ1v) is 9.29. The lowest BCUT2D eigenvalue weighted by atomic mass is 9.88. The normalized spacial score (nSPS) is 13.4. The number of pyridine rings is 2. The van der Waals surface area contributed by atoms with Crippen molar-refractivity contribution >= 4 is 39.3 Å². The van der Waals surface area contributed by atoms with E-state index in [1.807, 2.05) is 12.3 Å². The van der Waals surface area contributed by atoms with Gasteiger partial charge in [0, 0.05) is 27.9 Å². The predicted octanol–water partition coefficient (Wildman–Crippen LogP) is 4.64. The molecule has 3 rings (SSSR count). The summed E-state index contributed by atoms with van der Waals surface area (Å²) in [5.41, 5.74) is 0.725. The summed E-state index contributed by atoms with van der Waals surface area (Å²) >= 11 is 1.67. The zero-order valence-electron chi connectivity index (χ0n) is 14.7. The molecule has 24 heavy (non-hydrogen) atoms. The topological polar surface area (TPSA) is 57.8 Å². The summed E-state index contributed by atoms with van der Waals surface area (Å²) in [7, 11) is 0. The lowest BCUT2D eigenvalue weighted by molar-refractivity contribution is 0.359. The molecule has 0 bridgehead atoms. The molecule has 0 amide bonds. The Morgan fingerprint density at radius 2 is 1.96 bits per heavy atom. The molecule has 0 spiro atoms. The zero-order valence-corrected chi connectivity index (χ0v) is 15.5. The molecule has 0 aliphatic rings. The molecule has 0 saturated heterocycles. The summed E-state index contributed by atoms with van der Waals surface area (Å²) in [6.07, 6.45) is 3.69. The van der Waals surface area contributed by atoms with Gasteiger partial charge in [0.15, 0.2) is 0 Å². The summed E-state index contributed by atoms with van der Waals surface area (Å²) in [6.45, 7) is 8.76. The molecule has 1 aromatic carbocycles. The Labute approximate surface area is 146 Å². The fourth-order valence-corrected chi connectivity index (χ4v) is 3.04. The molecule has 1 unspecified atom stereocenters. The molecule has 0 radical (unpaired) electrons. The van der Waals surface area contributed by atoms with Crippen LogP contribution in [0.2, 0.25) is 0 Å². The summed E-state index contributed by atoms with van der Waals surface area (Å²) in [4.78, 5) is 21.0. The van der Waals surface area contributed by atoms with Gasteiger partial charge in [-0.15, -0.1) is 11.8 Å². The van der Waals surface area contributed by atoms with Crippen molar-refractivity contribution in [1.29, 1.82) is 0 Å². The first-order chi connectivity index (χ1) is 11.3. The number of H-pyrrole nitrogens is 1. The number of nitrogens with zero attached hydrogens (tertiary/aromatic N) is 1. The van der Waals surface area contributed by atoms with E-state index in [4.69, 9.17) is 4.98 Å². The summed E-state index contributed by atoms with van der Waals surface area (Å²) in [5.74, 6) is 0.832. The van der Waals surface area contributed by atoms with Gasteiger partial charge in [0.1, 0.15) is 5.82 Å². The number of aromatic amines is 1. The number of hydrogen-bond donors (Lipinski definition) is 2. The van der Waals surface area contributed by atoms with E-state index in [0.29, 0.717) is 10.9 Å². The first kappa shape index (κ1) is 16.8. The summed E-state index contributed by atoms with van der Waals surface area (Å²) in [5, 5.41) is 6.12. The van der Waals surface area contributed by atoms with Gasteiger partial charge in [-0.3, -0.25) is 4.79 Å². The summed E-state index contributed by atoms with van der Waals surface area (Å²) < 4.78 is 0. The third-order valence-corrected chi connectivity index (χ3v) is 5.30. The number of fused-ring (bicyclic) bond motifs is 3. The molecule has 4 nitrogen and oxygen atoms in total. The van der Waals surface area contributed by atoms with Gasteiger partial charge in [0.2, 0.25) is 0 Å². The highest BCUT2D eigenvalue weighted by Crippen LogP contribution is 2.32. The predicted molar refractivity (Wildman–Crippen MR) is 104 cm³/mol. The van der Waals surface area contributed by atoms with Crippen molar-refractivity contribution < 1.29 is 0 Å². The van der Waals surface area contributed by atoms with Crippen molar-refractivity contribution in [3.05, 3.63) is 40.8 Å². The second-order valence-corrected chi connectivity index (χ2v) is 8.05. The summed E-state index contributed by atoms with van der Waals surface area (Å²) in [6, 6.07) is 8.30. The highest BCUT2D eigenvalue weighted by Gasteiger charge is 2.21. The quantitative estimate of drug-likeness (QED) is 0.538. The van der Waals surface area contributed by atoms with Gasteiger partial charge < -0.3 is 10.3 Å². The van der Waals surface area contributed by atoms with E-state index in [-0.39, 0.29) is 17.0 Å². The van der Waals surface area contributed by atoms with E-state index in [2.05, 4.69) is 56.2 Å². The average molecular weight is 341 g/mol. The maximum atomic E-state index is 12.4. The number of thioether (sulfide) groups is 1. The molecule has 0 saturated carbocycles. The zero-order chi connectivity index (χ0) is 17.5. The van der Waals surface area contributed by atoms with Gasteiger partial charge in [0.05, 0.1) is 10.9 Å². The van der Waals surface area contributed by atoms with Crippen LogP contribution in [0.4, 0.5) is 5.82 Å². The number of rotatable bonds is 3. The van der Waals surface area contributed by atoms with Gasteiger partial charge in [-0.05, 0) is 42.9 Å². The number of hydrogen-bond acceptors (Lipinski definition) is 4. The Morgan fingerprint density at radius 3 is 2.62 bits per heavy atom. The van der Waals surface area contributed by atoms with Crippen LogP contribution in [0.5, 0.6) is 0 Å². The van der Waals surface area contributed by atoms with E-state index < -0.39 is 0 Å². The Balaban J connectivity index is 2.31. The van der Waals surface area contributed by atoms with Crippen LogP contribution in [0.25, 0.3) is 21.7 Å². The number of benzene rings is 1. The van der Waals surface area contributed by atoms with Crippen LogP contribution in [0.1, 0.15) is 27.7 Å². The number of anilines is 1. The lowest BCUT2D eigenvalue weighted by Crippen LogP contribution is -2.31. The van der Waals surface area contributed by atoms with Gasteiger partial charge in [-0.2, -0.15) is 0 Å². The first-order valence-electron chi connectivity index (χ1n) is 8.07. The van der Waals surface area contributed by atoms with Gasteiger partial charge in [0.25, 0.3) is 5.56 Å². The maximum Gasteiger partial charge on any atom is 0.258 e. The third kappa shape index (κ3) is 3.00. The molecule has 2 N–H and O–H groups in total. The second-order valence-electron chi connectivity index (χ2n) is 7.17. The monoisotopic (exact) mass is 341 g/mol. The molecule has 0 fully saturated rings. The van der Waals surface area contributed by atoms with E-state index in [1.54, 1.807) is 18.0 Å². The van der Waals surface area contributed by atoms with Crippen LogP contribution < -0.4 is 10.9 Å². The third-order valence-electron chi connectivity index (χ3n) is 4.57. The maximum absolute atomic E-state index is 12.4.